The number of ketones is 4. The average Bonchev–Trinajstić information content (AvgIpc) is 3.64. The van der Waals surface area contributed by atoms with Crippen LogP contribution in [0.3, 0.4) is 0 Å². The molecule has 1 aromatic rings. The molecular formula is C48H100N8O11. The highest BCUT2D eigenvalue weighted by atomic mass is 16.4. The molecule has 398 valence electrons. The Morgan fingerprint density at radius 1 is 0.657 bits per heavy atom. The number of tetrazole rings is 1. The van der Waals surface area contributed by atoms with E-state index < -0.39 is 30.3 Å². The first kappa shape index (κ1) is 79.6. The molecule has 2 amide bonds. The van der Waals surface area contributed by atoms with Crippen molar-refractivity contribution in [1.29, 1.82) is 0 Å². The minimum absolute atomic E-state index is 0. The van der Waals surface area contributed by atoms with E-state index in [0.29, 0.717) is 43.2 Å². The van der Waals surface area contributed by atoms with Gasteiger partial charge in [0, 0.05) is 56.1 Å². The average molecular weight is 965 g/mol. The minimum Gasteiger partial charge on any atom is -0.481 e. The number of hydrogen-bond donors (Lipinski definition) is 8. The first-order valence-electron chi connectivity index (χ1n) is 22.6. The molecule has 0 aliphatic rings. The zero-order valence-electron chi connectivity index (χ0n) is 43.3. The van der Waals surface area contributed by atoms with E-state index >= 15 is 0 Å². The Balaban J connectivity index is -0.000000101. The van der Waals surface area contributed by atoms with Crippen molar-refractivity contribution in [2.45, 2.75) is 228 Å². The van der Waals surface area contributed by atoms with Crippen LogP contribution in [0.1, 0.15) is 197 Å². The van der Waals surface area contributed by atoms with Crippen LogP contribution >= 0.6 is 0 Å². The molecule has 1 aromatic heterocycles. The number of rotatable bonds is 22. The second-order valence-corrected chi connectivity index (χ2v) is 18.0. The van der Waals surface area contributed by atoms with Crippen molar-refractivity contribution in [3.63, 3.8) is 0 Å². The number of H-pyrrole nitrogens is 1. The number of carbonyl (C=O) groups excluding carboxylic acids is 6. The number of aliphatic carboxylic acids is 2. The van der Waals surface area contributed by atoms with Crippen LogP contribution in [0.25, 0.3) is 0 Å². The Labute approximate surface area is 405 Å². The summed E-state index contributed by atoms with van der Waals surface area (Å²) in [6.07, 6.45) is 3.84. The number of nitrogens with one attached hydrogen (secondary N) is 4. The van der Waals surface area contributed by atoms with Crippen molar-refractivity contribution in [1.82, 2.24) is 36.6 Å². The SMILES string of the molecule is C.C.CC(=O)CC(C)C.CC(=O)CCC(=O)C(C)C.CC(=O)CNC(C)C.CC(C)Cc1nn[nH]n1.CC(C)NC(=O)C(N)CCC(=O)O.CC(C)NC(=O)CC(=O)O.CCC(O)CC(C)C. The summed E-state index contributed by atoms with van der Waals surface area (Å²) in [6.45, 7) is 34.7. The van der Waals surface area contributed by atoms with Crippen LogP contribution in [-0.2, 0) is 44.8 Å². The van der Waals surface area contributed by atoms with Crippen molar-refractivity contribution in [2.24, 2.45) is 29.4 Å². The molecule has 0 aromatic carbocycles. The van der Waals surface area contributed by atoms with E-state index in [0.717, 1.165) is 31.5 Å². The van der Waals surface area contributed by atoms with Gasteiger partial charge >= 0.3 is 11.9 Å². The number of aliphatic hydroxyl groups is 1. The fourth-order valence-corrected chi connectivity index (χ4v) is 4.17. The first-order valence-corrected chi connectivity index (χ1v) is 22.6. The van der Waals surface area contributed by atoms with E-state index in [9.17, 15) is 38.4 Å². The summed E-state index contributed by atoms with van der Waals surface area (Å²) >= 11 is 0. The number of aromatic amines is 1. The van der Waals surface area contributed by atoms with E-state index in [1.807, 2.05) is 62.3 Å². The predicted molar refractivity (Wildman–Crippen MR) is 269 cm³/mol. The Morgan fingerprint density at radius 2 is 1.16 bits per heavy atom. The molecular weight excluding hydrogens is 865 g/mol. The summed E-state index contributed by atoms with van der Waals surface area (Å²) in [5, 5.41) is 47.0. The predicted octanol–water partition coefficient (Wildman–Crippen LogP) is 6.94. The van der Waals surface area contributed by atoms with Gasteiger partial charge in [-0.25, -0.2) is 0 Å². The number of nitrogens with two attached hydrogens (primary N) is 1. The lowest BCUT2D eigenvalue weighted by Gasteiger charge is -2.13. The van der Waals surface area contributed by atoms with Gasteiger partial charge in [0.05, 0.1) is 18.7 Å². The molecule has 2 unspecified atom stereocenters. The van der Waals surface area contributed by atoms with Crippen molar-refractivity contribution >= 4 is 46.9 Å². The van der Waals surface area contributed by atoms with E-state index in [1.165, 1.54) is 6.92 Å². The standard InChI is InChI=1S/C8H16N2O3.C8H14O2.C7H16O.C6H11NO3.C6H13NO.C6H12O.C5H10N4.2CH4/c1-5(2)10-8(13)6(9)3-4-7(11)12;1-6(2)8(10)5-4-7(3)9;1-4-7(8)5-6(2)3;1-4(2)7-5(8)3-6(9)10;1-5(2)7-4-6(3)8;1-5(2)4-6(3)7;1-4(2)3-5-6-8-9-7-5;;/h5-6H,3-4,9H2,1-2H3,(H,10,13)(H,11,12);6H,4-5H2,1-3H3;6-8H,4-5H2,1-3H3;4H,3H2,1-2H3,(H,7,8)(H,9,10);5,7H,4H2,1-3H3;5H,4H2,1-3H3;4H,3H2,1-2H3,(H,6,7,8,9);2*1H4. The second kappa shape index (κ2) is 50.9. The highest BCUT2D eigenvalue weighted by molar-refractivity contribution is 5.93. The molecule has 1 rings (SSSR count). The fourth-order valence-electron chi connectivity index (χ4n) is 4.17. The first-order chi connectivity index (χ1) is 29.7. The third-order valence-electron chi connectivity index (χ3n) is 7.22. The molecule has 19 heteroatoms. The van der Waals surface area contributed by atoms with Crippen molar-refractivity contribution in [2.75, 3.05) is 6.54 Å². The van der Waals surface area contributed by atoms with Gasteiger partial charge in [-0.2, -0.15) is 5.21 Å². The normalized spacial score (nSPS) is 10.7. The van der Waals surface area contributed by atoms with Gasteiger partial charge in [-0.1, -0.05) is 96.2 Å². The molecule has 19 nitrogen and oxygen atoms in total. The molecule has 1 heterocycles. The van der Waals surface area contributed by atoms with Crippen LogP contribution in [0.15, 0.2) is 0 Å². The van der Waals surface area contributed by atoms with Crippen molar-refractivity contribution in [3.05, 3.63) is 5.82 Å². The Kier molecular flexibility index (Phi) is 60.5. The molecule has 0 spiro atoms. The summed E-state index contributed by atoms with van der Waals surface area (Å²) in [5.41, 5.74) is 5.44. The monoisotopic (exact) mass is 965 g/mol. The zero-order valence-corrected chi connectivity index (χ0v) is 43.3. The van der Waals surface area contributed by atoms with E-state index in [-0.39, 0.29) is 80.8 Å². The summed E-state index contributed by atoms with van der Waals surface area (Å²) in [7, 11) is 0. The number of hydrogen-bond acceptors (Lipinski definition) is 14. The van der Waals surface area contributed by atoms with E-state index in [2.05, 4.69) is 64.3 Å². The van der Waals surface area contributed by atoms with Crippen LogP contribution in [0, 0.1) is 23.7 Å². The van der Waals surface area contributed by atoms with Gasteiger partial charge in [0.2, 0.25) is 11.8 Å². The minimum atomic E-state index is -1.10. The quantitative estimate of drug-likeness (QED) is 0.0546. The number of Topliss-reactive ketones (excluding diaryl/α,β-unsaturated/α-hetero) is 4. The van der Waals surface area contributed by atoms with Crippen molar-refractivity contribution in [3.8, 4) is 0 Å². The highest BCUT2D eigenvalue weighted by Crippen LogP contribution is 2.06. The lowest BCUT2D eigenvalue weighted by Crippen LogP contribution is -2.43. The molecule has 2 atom stereocenters. The van der Waals surface area contributed by atoms with Crippen LogP contribution in [0.2, 0.25) is 0 Å². The number of nitrogens with zero attached hydrogens (tertiary/aromatic N) is 3. The summed E-state index contributed by atoms with van der Waals surface area (Å²) in [4.78, 5) is 83.7. The molecule has 0 radical (unpaired) electrons. The van der Waals surface area contributed by atoms with E-state index in [4.69, 9.17) is 21.1 Å². The molecule has 0 saturated heterocycles. The summed E-state index contributed by atoms with van der Waals surface area (Å²) in [5.74, 6) is 0.594. The van der Waals surface area contributed by atoms with Gasteiger partial charge in [-0.3, -0.25) is 28.8 Å². The molecule has 0 fully saturated rings. The molecule has 67 heavy (non-hydrogen) atoms. The van der Waals surface area contributed by atoms with Crippen LogP contribution in [0.5, 0.6) is 0 Å². The Bertz CT molecular complexity index is 1400. The van der Waals surface area contributed by atoms with Gasteiger partial charge < -0.3 is 46.6 Å². The maximum absolute atomic E-state index is 11.1. The number of carboxylic acids is 2. The van der Waals surface area contributed by atoms with Gasteiger partial charge in [0.25, 0.3) is 0 Å². The topological polar surface area (TPSA) is 314 Å². The van der Waals surface area contributed by atoms with Crippen LogP contribution in [0.4, 0.5) is 0 Å². The molecule has 9 N–H and O–H groups in total. The van der Waals surface area contributed by atoms with Gasteiger partial charge in [-0.15, -0.1) is 10.2 Å². The third-order valence-corrected chi connectivity index (χ3v) is 7.22. The highest BCUT2D eigenvalue weighted by Gasteiger charge is 2.15. The maximum atomic E-state index is 11.1. The van der Waals surface area contributed by atoms with Gasteiger partial charge in [0.15, 0.2) is 5.82 Å². The number of carboxylic acid groups (broad SMARTS) is 2. The maximum Gasteiger partial charge on any atom is 0.312 e. The molecule has 0 bridgehead atoms. The van der Waals surface area contributed by atoms with Gasteiger partial charge in [-0.05, 0) is 85.5 Å². The smallest absolute Gasteiger partial charge is 0.312 e. The number of amides is 2. The zero-order chi connectivity index (χ0) is 52.4. The summed E-state index contributed by atoms with van der Waals surface area (Å²) in [6, 6.07) is -0.271. The van der Waals surface area contributed by atoms with Crippen LogP contribution in [-0.4, -0.2) is 120 Å². The van der Waals surface area contributed by atoms with Crippen molar-refractivity contribution < 1.29 is 53.7 Å². The summed E-state index contributed by atoms with van der Waals surface area (Å²) < 4.78 is 0. The van der Waals surface area contributed by atoms with Gasteiger partial charge in [0.1, 0.15) is 29.6 Å². The number of carbonyl (C=O) groups is 8. The molecule has 0 saturated carbocycles. The third kappa shape index (κ3) is 82.1. The fraction of sp³-hybridized carbons (Fsp3) is 0.812. The van der Waals surface area contributed by atoms with Crippen LogP contribution < -0.4 is 21.7 Å². The Morgan fingerprint density at radius 3 is 1.42 bits per heavy atom. The number of aliphatic hydroxyl groups excluding tert-OH is 1. The lowest BCUT2D eigenvalue weighted by atomic mass is 10.0. The van der Waals surface area contributed by atoms with E-state index in [1.54, 1.807) is 27.7 Å². The Hall–Kier alpha value is -4.49. The second-order valence-electron chi connectivity index (χ2n) is 18.0. The number of aromatic nitrogens is 4. The largest absolute Gasteiger partial charge is 0.481 e. The molecule has 0 aliphatic heterocycles. The lowest BCUT2D eigenvalue weighted by molar-refractivity contribution is -0.141. The molecule has 0 aliphatic carbocycles.